The number of hydrogen-bond acceptors (Lipinski definition) is 3. The maximum Gasteiger partial charge on any atom is 0.309 e. The molecule has 0 spiro atoms. The highest BCUT2D eigenvalue weighted by atomic mass is 16.5. The number of aryl methyl sites for hydroxylation is 1. The Morgan fingerprint density at radius 2 is 1.96 bits per heavy atom. The highest BCUT2D eigenvalue weighted by Gasteiger charge is 2.46. The summed E-state index contributed by atoms with van der Waals surface area (Å²) in [5.41, 5.74) is 5.55. The monoisotopic (exact) mass is 346 g/mol. The minimum Gasteiger partial charge on any atom is -0.466 e. The van der Waals surface area contributed by atoms with Crippen LogP contribution in [0.25, 0.3) is 22.4 Å². The molecular formula is C22H22N2O2. The smallest absolute Gasteiger partial charge is 0.309 e. The molecule has 1 aliphatic carbocycles. The Morgan fingerprint density at radius 3 is 2.65 bits per heavy atom. The van der Waals surface area contributed by atoms with E-state index in [4.69, 9.17) is 4.74 Å². The van der Waals surface area contributed by atoms with E-state index in [1.807, 2.05) is 49.1 Å². The summed E-state index contributed by atoms with van der Waals surface area (Å²) in [6.45, 7) is 2.28. The standard InChI is InChI=1S/C22H22N2O2/c1-3-26-22(25)20-14-18(20)17-10-9-16(15-7-5-4-6-8-15)13-19(17)21-11-12-24(2)23-21/h4-13,18,20H,3,14H2,1-2H3. The molecule has 1 heterocycles. The molecule has 26 heavy (non-hydrogen) atoms. The molecule has 4 nitrogen and oxygen atoms in total. The second-order valence-electron chi connectivity index (χ2n) is 6.74. The van der Waals surface area contributed by atoms with Gasteiger partial charge < -0.3 is 4.74 Å². The van der Waals surface area contributed by atoms with E-state index in [1.54, 1.807) is 0 Å². The number of carbonyl (C=O) groups excluding carboxylic acids is 1. The van der Waals surface area contributed by atoms with Crippen molar-refractivity contribution in [3.8, 4) is 22.4 Å². The van der Waals surface area contributed by atoms with Crippen LogP contribution in [-0.4, -0.2) is 22.4 Å². The number of ether oxygens (including phenoxy) is 1. The molecule has 0 radical (unpaired) electrons. The number of rotatable bonds is 5. The van der Waals surface area contributed by atoms with Crippen molar-refractivity contribution in [3.63, 3.8) is 0 Å². The number of nitrogens with zero attached hydrogens (tertiary/aromatic N) is 2. The Hall–Kier alpha value is -2.88. The van der Waals surface area contributed by atoms with Gasteiger partial charge in [0.2, 0.25) is 0 Å². The van der Waals surface area contributed by atoms with Gasteiger partial charge in [0, 0.05) is 18.8 Å². The van der Waals surface area contributed by atoms with Crippen molar-refractivity contribution >= 4 is 5.97 Å². The largest absolute Gasteiger partial charge is 0.466 e. The molecule has 4 rings (SSSR count). The van der Waals surface area contributed by atoms with Crippen LogP contribution in [0.5, 0.6) is 0 Å². The van der Waals surface area contributed by atoms with Crippen LogP contribution in [0, 0.1) is 5.92 Å². The normalized spacial score (nSPS) is 18.5. The average Bonchev–Trinajstić information content (AvgIpc) is 3.36. The quantitative estimate of drug-likeness (QED) is 0.642. The first-order valence-corrected chi connectivity index (χ1v) is 9.03. The Balaban J connectivity index is 1.73. The van der Waals surface area contributed by atoms with Crippen LogP contribution in [-0.2, 0) is 16.6 Å². The molecule has 3 aromatic rings. The summed E-state index contributed by atoms with van der Waals surface area (Å²) in [6.07, 6.45) is 2.80. The third kappa shape index (κ3) is 3.15. The van der Waals surface area contributed by atoms with Crippen LogP contribution in [0.4, 0.5) is 0 Å². The molecule has 2 unspecified atom stereocenters. The third-order valence-corrected chi connectivity index (χ3v) is 4.93. The number of hydrogen-bond donors (Lipinski definition) is 0. The third-order valence-electron chi connectivity index (χ3n) is 4.93. The minimum absolute atomic E-state index is 0.0278. The van der Waals surface area contributed by atoms with Crippen molar-refractivity contribution in [2.45, 2.75) is 19.3 Å². The van der Waals surface area contributed by atoms with E-state index in [0.29, 0.717) is 6.61 Å². The van der Waals surface area contributed by atoms with E-state index < -0.39 is 0 Å². The zero-order valence-electron chi connectivity index (χ0n) is 15.1. The molecule has 0 aliphatic heterocycles. The fourth-order valence-electron chi connectivity index (χ4n) is 3.52. The predicted octanol–water partition coefficient (Wildman–Crippen LogP) is 4.42. The lowest BCUT2D eigenvalue weighted by Gasteiger charge is -2.11. The van der Waals surface area contributed by atoms with Gasteiger partial charge in [-0.15, -0.1) is 0 Å². The van der Waals surface area contributed by atoms with Crippen molar-refractivity contribution in [1.29, 1.82) is 0 Å². The summed E-state index contributed by atoms with van der Waals surface area (Å²) in [7, 11) is 1.92. The van der Waals surface area contributed by atoms with Gasteiger partial charge in [-0.25, -0.2) is 0 Å². The van der Waals surface area contributed by atoms with Gasteiger partial charge >= 0.3 is 5.97 Å². The first kappa shape index (κ1) is 16.6. The van der Waals surface area contributed by atoms with Crippen molar-refractivity contribution in [1.82, 2.24) is 9.78 Å². The molecule has 0 saturated heterocycles. The van der Waals surface area contributed by atoms with Crippen LogP contribution in [0.1, 0.15) is 24.8 Å². The summed E-state index contributed by atoms with van der Waals surface area (Å²) in [5, 5.41) is 4.59. The summed E-state index contributed by atoms with van der Waals surface area (Å²) >= 11 is 0. The number of esters is 1. The molecule has 4 heteroatoms. The zero-order valence-corrected chi connectivity index (χ0v) is 15.1. The van der Waals surface area contributed by atoms with Crippen LogP contribution >= 0.6 is 0 Å². The average molecular weight is 346 g/mol. The van der Waals surface area contributed by atoms with Crippen molar-refractivity contribution < 1.29 is 9.53 Å². The Labute approximate surface area is 153 Å². The first-order chi connectivity index (χ1) is 12.7. The number of aromatic nitrogens is 2. The molecule has 0 N–H and O–H groups in total. The summed E-state index contributed by atoms with van der Waals surface area (Å²) in [4.78, 5) is 12.1. The van der Waals surface area contributed by atoms with Crippen molar-refractivity contribution in [2.75, 3.05) is 6.61 Å². The number of benzene rings is 2. The lowest BCUT2D eigenvalue weighted by Crippen LogP contribution is -2.07. The molecule has 2 aromatic carbocycles. The fourth-order valence-corrected chi connectivity index (χ4v) is 3.52. The molecule has 0 amide bonds. The van der Waals surface area contributed by atoms with E-state index in [2.05, 4.69) is 35.4 Å². The Morgan fingerprint density at radius 1 is 1.15 bits per heavy atom. The first-order valence-electron chi connectivity index (χ1n) is 9.03. The van der Waals surface area contributed by atoms with Crippen LogP contribution in [0.2, 0.25) is 0 Å². The highest BCUT2D eigenvalue weighted by Crippen LogP contribution is 2.51. The maximum absolute atomic E-state index is 12.1. The van der Waals surface area contributed by atoms with Gasteiger partial charge in [-0.2, -0.15) is 5.10 Å². The minimum atomic E-state index is -0.0865. The predicted molar refractivity (Wildman–Crippen MR) is 102 cm³/mol. The topological polar surface area (TPSA) is 44.1 Å². The zero-order chi connectivity index (χ0) is 18.1. The molecule has 1 aliphatic rings. The second-order valence-corrected chi connectivity index (χ2v) is 6.74. The van der Waals surface area contributed by atoms with E-state index in [1.165, 1.54) is 11.1 Å². The van der Waals surface area contributed by atoms with Gasteiger partial charge in [-0.3, -0.25) is 9.48 Å². The van der Waals surface area contributed by atoms with Crippen LogP contribution in [0.15, 0.2) is 60.8 Å². The van der Waals surface area contributed by atoms with Gasteiger partial charge in [0.1, 0.15) is 0 Å². The summed E-state index contributed by atoms with van der Waals surface area (Å²) in [6, 6.07) is 18.8. The van der Waals surface area contributed by atoms with Crippen molar-refractivity contribution in [2.24, 2.45) is 13.0 Å². The molecule has 0 bridgehead atoms. The lowest BCUT2D eigenvalue weighted by atomic mass is 9.94. The second kappa shape index (κ2) is 6.79. The Kier molecular flexibility index (Phi) is 4.33. The van der Waals surface area contributed by atoms with Gasteiger partial charge in [0.15, 0.2) is 0 Å². The van der Waals surface area contributed by atoms with E-state index in [0.717, 1.165) is 23.2 Å². The summed E-state index contributed by atoms with van der Waals surface area (Å²) in [5.74, 6) is 0.104. The lowest BCUT2D eigenvalue weighted by molar-refractivity contribution is -0.144. The molecule has 1 aromatic heterocycles. The number of carbonyl (C=O) groups is 1. The van der Waals surface area contributed by atoms with Gasteiger partial charge in [-0.05, 0) is 48.1 Å². The summed E-state index contributed by atoms with van der Waals surface area (Å²) < 4.78 is 7.01. The molecule has 1 fully saturated rings. The van der Waals surface area contributed by atoms with Crippen LogP contribution in [0.3, 0.4) is 0 Å². The molecular weight excluding hydrogens is 324 g/mol. The van der Waals surface area contributed by atoms with Gasteiger partial charge in [0.25, 0.3) is 0 Å². The molecule has 2 atom stereocenters. The van der Waals surface area contributed by atoms with Crippen molar-refractivity contribution in [3.05, 3.63) is 66.4 Å². The van der Waals surface area contributed by atoms with E-state index in [9.17, 15) is 4.79 Å². The van der Waals surface area contributed by atoms with Crippen LogP contribution < -0.4 is 0 Å². The highest BCUT2D eigenvalue weighted by molar-refractivity contribution is 5.80. The maximum atomic E-state index is 12.1. The SMILES string of the molecule is CCOC(=O)C1CC1c1ccc(-c2ccccc2)cc1-c1ccn(C)n1. The fraction of sp³-hybridized carbons (Fsp3) is 0.273. The van der Waals surface area contributed by atoms with Gasteiger partial charge in [0.05, 0.1) is 18.2 Å². The molecule has 1 saturated carbocycles. The van der Waals surface area contributed by atoms with E-state index >= 15 is 0 Å². The Bertz CT molecular complexity index is 930. The molecule has 132 valence electrons. The van der Waals surface area contributed by atoms with Gasteiger partial charge in [-0.1, -0.05) is 42.5 Å². The van der Waals surface area contributed by atoms with E-state index in [-0.39, 0.29) is 17.8 Å².